The summed E-state index contributed by atoms with van der Waals surface area (Å²) in [4.78, 5) is 25.0. The Balaban J connectivity index is 2.03. The molecule has 2 aromatic rings. The maximum Gasteiger partial charge on any atom is 0.224 e. The highest BCUT2D eigenvalue weighted by Gasteiger charge is 2.17. The van der Waals surface area contributed by atoms with Crippen molar-refractivity contribution in [1.82, 2.24) is 10.6 Å². The average Bonchev–Trinajstić information content (AvgIpc) is 2.81. The van der Waals surface area contributed by atoms with Crippen molar-refractivity contribution >= 4 is 11.8 Å². The van der Waals surface area contributed by atoms with E-state index in [4.69, 9.17) is 9.47 Å². The molecule has 1 unspecified atom stereocenters. The molecule has 0 saturated carbocycles. The van der Waals surface area contributed by atoms with Crippen LogP contribution >= 0.6 is 0 Å². The number of nitrogens with one attached hydrogen (secondary N) is 2. The molecule has 0 aromatic heterocycles. The minimum Gasteiger partial charge on any atom is -0.493 e. The molecule has 2 rings (SSSR count). The fraction of sp³-hybridized carbons (Fsp3) is 0.481. The number of methoxy groups -OCH3 is 1. The maximum atomic E-state index is 12.7. The van der Waals surface area contributed by atoms with Gasteiger partial charge in [0.15, 0.2) is 0 Å². The highest BCUT2D eigenvalue weighted by Crippen LogP contribution is 2.19. The molecular formula is C27H38N2O4. The topological polar surface area (TPSA) is 76.7 Å². The van der Waals surface area contributed by atoms with E-state index in [2.05, 4.69) is 24.5 Å². The molecule has 2 aromatic carbocycles. The molecule has 6 nitrogen and oxygen atoms in total. The number of hydrogen-bond acceptors (Lipinski definition) is 4. The molecule has 3 atom stereocenters. The highest BCUT2D eigenvalue weighted by atomic mass is 16.5. The van der Waals surface area contributed by atoms with Gasteiger partial charge in [-0.2, -0.15) is 0 Å². The van der Waals surface area contributed by atoms with Crippen molar-refractivity contribution in [2.24, 2.45) is 5.92 Å². The number of rotatable bonds is 14. The summed E-state index contributed by atoms with van der Waals surface area (Å²) in [5, 5.41) is 5.98. The summed E-state index contributed by atoms with van der Waals surface area (Å²) in [5.41, 5.74) is 1.85. The van der Waals surface area contributed by atoms with Gasteiger partial charge in [-0.3, -0.25) is 9.59 Å². The summed E-state index contributed by atoms with van der Waals surface area (Å²) in [6, 6.07) is 17.0. The summed E-state index contributed by atoms with van der Waals surface area (Å²) in [5.74, 6) is 1.09. The first-order valence-corrected chi connectivity index (χ1v) is 11.8. The van der Waals surface area contributed by atoms with Gasteiger partial charge in [-0.15, -0.1) is 0 Å². The van der Waals surface area contributed by atoms with E-state index < -0.39 is 0 Å². The molecule has 0 heterocycles. The van der Waals surface area contributed by atoms with E-state index in [1.165, 1.54) is 0 Å². The van der Waals surface area contributed by atoms with Gasteiger partial charge in [0.2, 0.25) is 11.8 Å². The smallest absolute Gasteiger partial charge is 0.224 e. The van der Waals surface area contributed by atoms with Crippen LogP contribution in [-0.4, -0.2) is 38.2 Å². The van der Waals surface area contributed by atoms with Gasteiger partial charge in [-0.1, -0.05) is 62.7 Å². The van der Waals surface area contributed by atoms with Gasteiger partial charge in [0.05, 0.1) is 31.6 Å². The Hall–Kier alpha value is -2.86. The fourth-order valence-electron chi connectivity index (χ4n) is 3.52. The van der Waals surface area contributed by atoms with Gasteiger partial charge in [0.1, 0.15) is 5.75 Å². The van der Waals surface area contributed by atoms with Crippen LogP contribution in [0.15, 0.2) is 54.6 Å². The van der Waals surface area contributed by atoms with Crippen LogP contribution < -0.4 is 15.4 Å². The lowest BCUT2D eigenvalue weighted by molar-refractivity contribution is -0.124. The highest BCUT2D eigenvalue weighted by molar-refractivity contribution is 5.79. The largest absolute Gasteiger partial charge is 0.493 e. The minimum absolute atomic E-state index is 0.0978. The molecule has 0 aliphatic carbocycles. The van der Waals surface area contributed by atoms with Crippen LogP contribution in [0.5, 0.6) is 5.75 Å². The Morgan fingerprint density at radius 3 is 2.30 bits per heavy atom. The van der Waals surface area contributed by atoms with E-state index in [0.29, 0.717) is 19.1 Å². The number of carbonyl (C=O) groups excluding carboxylic acids is 2. The summed E-state index contributed by atoms with van der Waals surface area (Å²) in [6.45, 7) is 7.18. The SMILES string of the molecule is CCCC(C)COc1ccc([C@H](CNC(=O)C[C@@H](C)OC)NC(=O)Cc2ccccc2)cc1. The average molecular weight is 455 g/mol. The van der Waals surface area contributed by atoms with Crippen LogP contribution in [0, 0.1) is 5.92 Å². The third-order valence-electron chi connectivity index (χ3n) is 5.52. The third kappa shape index (κ3) is 10.1. The Bertz CT molecular complexity index is 839. The number of ether oxygens (including phenoxy) is 2. The molecule has 180 valence electrons. The summed E-state index contributed by atoms with van der Waals surface area (Å²) < 4.78 is 11.1. The lowest BCUT2D eigenvalue weighted by atomic mass is 10.0. The Labute approximate surface area is 198 Å². The monoisotopic (exact) mass is 454 g/mol. The zero-order chi connectivity index (χ0) is 24.1. The van der Waals surface area contributed by atoms with Crippen LogP contribution in [-0.2, 0) is 20.7 Å². The van der Waals surface area contributed by atoms with Crippen LogP contribution in [0.4, 0.5) is 0 Å². The molecule has 0 aliphatic heterocycles. The quantitative estimate of drug-likeness (QED) is 0.442. The second kappa shape index (κ2) is 14.3. The molecule has 0 radical (unpaired) electrons. The van der Waals surface area contributed by atoms with Crippen molar-refractivity contribution in [3.05, 3.63) is 65.7 Å². The minimum atomic E-state index is -0.351. The number of hydrogen-bond donors (Lipinski definition) is 2. The van der Waals surface area contributed by atoms with Crippen molar-refractivity contribution in [2.75, 3.05) is 20.3 Å². The zero-order valence-corrected chi connectivity index (χ0v) is 20.3. The number of carbonyl (C=O) groups is 2. The van der Waals surface area contributed by atoms with Gasteiger partial charge in [0.25, 0.3) is 0 Å². The number of amides is 2. The Morgan fingerprint density at radius 1 is 0.970 bits per heavy atom. The normalized spacial score (nSPS) is 13.6. The molecule has 0 bridgehead atoms. The molecule has 0 fully saturated rings. The first-order valence-electron chi connectivity index (χ1n) is 11.8. The predicted octanol–water partition coefficient (Wildman–Crippen LogP) is 4.44. The van der Waals surface area contributed by atoms with E-state index in [-0.39, 0.29) is 36.8 Å². The van der Waals surface area contributed by atoms with Crippen LogP contribution in [0.3, 0.4) is 0 Å². The third-order valence-corrected chi connectivity index (χ3v) is 5.52. The van der Waals surface area contributed by atoms with Crippen molar-refractivity contribution in [1.29, 1.82) is 0 Å². The lowest BCUT2D eigenvalue weighted by Crippen LogP contribution is -2.39. The van der Waals surface area contributed by atoms with Gasteiger partial charge in [-0.25, -0.2) is 0 Å². The predicted molar refractivity (Wildman–Crippen MR) is 131 cm³/mol. The molecule has 0 spiro atoms. The molecule has 0 aliphatic rings. The van der Waals surface area contributed by atoms with Gasteiger partial charge < -0.3 is 20.1 Å². The summed E-state index contributed by atoms with van der Waals surface area (Å²) >= 11 is 0. The molecule has 0 saturated heterocycles. The van der Waals surface area contributed by atoms with Gasteiger partial charge in [-0.05, 0) is 42.5 Å². The number of benzene rings is 2. The van der Waals surface area contributed by atoms with E-state index >= 15 is 0 Å². The van der Waals surface area contributed by atoms with E-state index in [0.717, 1.165) is 29.7 Å². The van der Waals surface area contributed by atoms with E-state index in [9.17, 15) is 9.59 Å². The van der Waals surface area contributed by atoms with Gasteiger partial charge >= 0.3 is 0 Å². The Kier molecular flexibility index (Phi) is 11.5. The molecule has 6 heteroatoms. The maximum absolute atomic E-state index is 12.7. The summed E-state index contributed by atoms with van der Waals surface area (Å²) in [7, 11) is 1.58. The lowest BCUT2D eigenvalue weighted by Gasteiger charge is -2.21. The second-order valence-electron chi connectivity index (χ2n) is 8.61. The first kappa shape index (κ1) is 26.4. The van der Waals surface area contributed by atoms with Crippen LogP contribution in [0.1, 0.15) is 57.2 Å². The van der Waals surface area contributed by atoms with Crippen LogP contribution in [0.25, 0.3) is 0 Å². The summed E-state index contributed by atoms with van der Waals surface area (Å²) in [6.07, 6.45) is 2.66. The van der Waals surface area contributed by atoms with Crippen molar-refractivity contribution in [3.8, 4) is 5.75 Å². The second-order valence-corrected chi connectivity index (χ2v) is 8.61. The molecule has 2 N–H and O–H groups in total. The fourth-order valence-corrected chi connectivity index (χ4v) is 3.52. The van der Waals surface area contributed by atoms with E-state index in [1.54, 1.807) is 7.11 Å². The van der Waals surface area contributed by atoms with Crippen molar-refractivity contribution in [2.45, 2.75) is 58.6 Å². The van der Waals surface area contributed by atoms with E-state index in [1.807, 2.05) is 61.5 Å². The standard InChI is InChI=1S/C27H38N2O4/c1-5-9-20(2)19-33-24-14-12-23(13-15-24)25(18-28-26(30)16-21(3)32-4)29-27(31)17-22-10-7-6-8-11-22/h6-8,10-15,20-21,25H,5,9,16-19H2,1-4H3,(H,28,30)(H,29,31)/t20?,21-,25+/m1/s1. The van der Waals surface area contributed by atoms with Crippen molar-refractivity contribution in [3.63, 3.8) is 0 Å². The van der Waals surface area contributed by atoms with Gasteiger partial charge in [0, 0.05) is 13.7 Å². The molecule has 2 amide bonds. The first-order chi connectivity index (χ1) is 15.9. The molecular weight excluding hydrogens is 416 g/mol. The molecule has 33 heavy (non-hydrogen) atoms. The van der Waals surface area contributed by atoms with Crippen LogP contribution in [0.2, 0.25) is 0 Å². The van der Waals surface area contributed by atoms with Crippen molar-refractivity contribution < 1.29 is 19.1 Å². The zero-order valence-electron chi connectivity index (χ0n) is 20.3. The Morgan fingerprint density at radius 2 is 1.67 bits per heavy atom.